The molecule has 0 unspecified atom stereocenters. The number of hydrogen-bond donors (Lipinski definition) is 0. The minimum Gasteiger partial charge on any atom is -0.310 e. The lowest BCUT2D eigenvalue weighted by atomic mass is 9.82. The number of hydrogen-bond acceptors (Lipinski definition) is 2. The summed E-state index contributed by atoms with van der Waals surface area (Å²) in [4.78, 5) is 2.44. The summed E-state index contributed by atoms with van der Waals surface area (Å²) in [6.07, 6.45) is 0. The Morgan fingerprint density at radius 2 is 1.06 bits per heavy atom. The molecule has 2 nitrogen and oxygen atoms in total. The molecule has 0 atom stereocenters. The number of fused-ring (bicyclic) bond motifs is 9. The summed E-state index contributed by atoms with van der Waals surface area (Å²) in [7, 11) is 0. The number of aromatic nitrogens is 1. The molecule has 2 aromatic heterocycles. The summed E-state index contributed by atoms with van der Waals surface area (Å²) in [5.74, 6) is 0. The van der Waals surface area contributed by atoms with Crippen LogP contribution in [0.3, 0.4) is 0 Å². The Kier molecular flexibility index (Phi) is 6.80. The third-order valence-corrected chi connectivity index (χ3v) is 12.7. The first-order chi connectivity index (χ1) is 26.5. The van der Waals surface area contributed by atoms with Gasteiger partial charge < -0.3 is 9.47 Å². The average Bonchev–Trinajstić information content (AvgIpc) is 3.84. The Balaban J connectivity index is 1.12. The maximum Gasteiger partial charge on any atom is 0.0541 e. The minimum absolute atomic E-state index is 0.114. The molecule has 0 amide bonds. The van der Waals surface area contributed by atoms with Gasteiger partial charge >= 0.3 is 0 Å². The van der Waals surface area contributed by atoms with Crippen molar-refractivity contribution in [2.75, 3.05) is 4.90 Å². The van der Waals surface area contributed by atoms with Crippen molar-refractivity contribution in [1.29, 1.82) is 0 Å². The van der Waals surface area contributed by atoms with Gasteiger partial charge in [-0.1, -0.05) is 123 Å². The smallest absolute Gasteiger partial charge is 0.0541 e. The molecule has 0 N–H and O–H groups in total. The SMILES string of the molecule is CC1(C)c2ccc(N(c3ccc(-n4c5ccccc5c5ccccc54)cc3)c3ccc4sc5ccccc5c4c3)cc2-c2c(-c3ccccc3)cccc21. The standard InChI is InChI=1S/C51H36N2S/c1-51(2)44-29-27-36(32-43(44)50-38(18-12-19-45(50)51)33-13-4-3-5-14-33)52(37-28-30-49-42(31-37)41-17-8-11-22-48(41)54-49)34-23-25-35(26-24-34)53-46-20-9-6-15-39(46)40-16-7-10-21-47(40)53/h3-32H,1-2H3. The van der Waals surface area contributed by atoms with Gasteiger partial charge in [0.2, 0.25) is 0 Å². The third kappa shape index (κ3) is 4.58. The van der Waals surface area contributed by atoms with E-state index in [9.17, 15) is 0 Å². The molecule has 256 valence electrons. The molecule has 0 radical (unpaired) electrons. The largest absolute Gasteiger partial charge is 0.310 e. The zero-order valence-corrected chi connectivity index (χ0v) is 30.9. The monoisotopic (exact) mass is 708 g/mol. The lowest BCUT2D eigenvalue weighted by molar-refractivity contribution is 0.660. The molecule has 2 heterocycles. The molecule has 10 aromatic rings. The second-order valence-corrected chi connectivity index (χ2v) is 16.0. The molecule has 0 saturated heterocycles. The average molecular weight is 709 g/mol. The first-order valence-corrected chi connectivity index (χ1v) is 19.5. The van der Waals surface area contributed by atoms with Crippen LogP contribution < -0.4 is 4.90 Å². The molecule has 0 aliphatic heterocycles. The van der Waals surface area contributed by atoms with Crippen LogP contribution in [0, 0.1) is 0 Å². The molecule has 1 aliphatic rings. The van der Waals surface area contributed by atoms with Crippen LogP contribution in [0.15, 0.2) is 182 Å². The highest BCUT2D eigenvalue weighted by Crippen LogP contribution is 2.54. The van der Waals surface area contributed by atoms with Gasteiger partial charge in [-0.25, -0.2) is 0 Å². The third-order valence-electron chi connectivity index (χ3n) is 11.6. The summed E-state index contributed by atoms with van der Waals surface area (Å²) in [5.41, 5.74) is 14.8. The van der Waals surface area contributed by atoms with E-state index in [1.54, 1.807) is 0 Å². The molecule has 54 heavy (non-hydrogen) atoms. The minimum atomic E-state index is -0.114. The fraction of sp³-hybridized carbons (Fsp3) is 0.0588. The van der Waals surface area contributed by atoms with Crippen LogP contribution in [-0.2, 0) is 5.41 Å². The predicted octanol–water partition coefficient (Wildman–Crippen LogP) is 14.6. The summed E-state index contributed by atoms with van der Waals surface area (Å²) in [6, 6.07) is 67.1. The second kappa shape index (κ2) is 11.8. The first-order valence-electron chi connectivity index (χ1n) is 18.7. The van der Waals surface area contributed by atoms with E-state index in [0.29, 0.717) is 0 Å². The molecule has 11 rings (SSSR count). The lowest BCUT2D eigenvalue weighted by Crippen LogP contribution is -2.15. The quantitative estimate of drug-likeness (QED) is 0.173. The number of anilines is 3. The molecule has 0 saturated carbocycles. The van der Waals surface area contributed by atoms with Gasteiger partial charge in [0.05, 0.1) is 11.0 Å². The van der Waals surface area contributed by atoms with Crippen LogP contribution in [0.5, 0.6) is 0 Å². The Hall–Kier alpha value is -6.42. The van der Waals surface area contributed by atoms with E-state index in [0.717, 1.165) is 22.7 Å². The summed E-state index contributed by atoms with van der Waals surface area (Å²) in [5, 5.41) is 5.13. The lowest BCUT2D eigenvalue weighted by Gasteiger charge is -2.27. The van der Waals surface area contributed by atoms with Crippen LogP contribution in [0.2, 0.25) is 0 Å². The molecular weight excluding hydrogens is 673 g/mol. The van der Waals surface area contributed by atoms with Gasteiger partial charge in [-0.05, 0) is 106 Å². The van der Waals surface area contributed by atoms with Gasteiger partial charge in [-0.15, -0.1) is 11.3 Å². The second-order valence-electron chi connectivity index (χ2n) is 14.9. The number of rotatable bonds is 5. The highest BCUT2D eigenvalue weighted by Gasteiger charge is 2.37. The Bertz CT molecular complexity index is 3020. The topological polar surface area (TPSA) is 8.17 Å². The fourth-order valence-corrected chi connectivity index (χ4v) is 10.1. The Morgan fingerprint density at radius 1 is 0.444 bits per heavy atom. The molecule has 0 fully saturated rings. The fourth-order valence-electron chi connectivity index (χ4n) is 9.04. The Morgan fingerprint density at radius 3 is 1.81 bits per heavy atom. The van der Waals surface area contributed by atoms with Crippen molar-refractivity contribution < 1.29 is 0 Å². The molecule has 3 heteroatoms. The molecule has 0 spiro atoms. The maximum atomic E-state index is 2.44. The van der Waals surface area contributed by atoms with E-state index in [4.69, 9.17) is 0 Å². The normalized spacial score (nSPS) is 13.1. The summed E-state index contributed by atoms with van der Waals surface area (Å²) >= 11 is 1.86. The van der Waals surface area contributed by atoms with Gasteiger partial charge in [-0.3, -0.25) is 0 Å². The van der Waals surface area contributed by atoms with Crippen LogP contribution in [0.4, 0.5) is 17.1 Å². The molecular formula is C51H36N2S. The molecule has 1 aliphatic carbocycles. The summed E-state index contributed by atoms with van der Waals surface area (Å²) < 4.78 is 5.01. The van der Waals surface area contributed by atoms with Gasteiger partial charge in [0.25, 0.3) is 0 Å². The zero-order chi connectivity index (χ0) is 36.0. The van der Waals surface area contributed by atoms with Gasteiger partial charge in [-0.2, -0.15) is 0 Å². The molecule has 8 aromatic carbocycles. The van der Waals surface area contributed by atoms with Crippen molar-refractivity contribution in [3.63, 3.8) is 0 Å². The highest BCUT2D eigenvalue weighted by atomic mass is 32.1. The van der Waals surface area contributed by atoms with Crippen LogP contribution in [0.25, 0.3) is 69.9 Å². The van der Waals surface area contributed by atoms with Crippen molar-refractivity contribution in [2.24, 2.45) is 0 Å². The number of benzene rings is 8. The van der Waals surface area contributed by atoms with E-state index in [1.165, 1.54) is 75.4 Å². The van der Waals surface area contributed by atoms with Crippen molar-refractivity contribution in [3.05, 3.63) is 193 Å². The highest BCUT2D eigenvalue weighted by molar-refractivity contribution is 7.25. The summed E-state index contributed by atoms with van der Waals surface area (Å²) in [6.45, 7) is 4.74. The van der Waals surface area contributed by atoms with E-state index in [-0.39, 0.29) is 5.41 Å². The van der Waals surface area contributed by atoms with E-state index in [1.807, 2.05) is 11.3 Å². The first kappa shape index (κ1) is 31.1. The van der Waals surface area contributed by atoms with Crippen LogP contribution in [0.1, 0.15) is 25.0 Å². The van der Waals surface area contributed by atoms with E-state index < -0.39 is 0 Å². The number of nitrogens with zero attached hydrogens (tertiary/aromatic N) is 2. The van der Waals surface area contributed by atoms with Gasteiger partial charge in [0, 0.05) is 59.1 Å². The van der Waals surface area contributed by atoms with Gasteiger partial charge in [0.15, 0.2) is 0 Å². The van der Waals surface area contributed by atoms with Crippen molar-refractivity contribution in [3.8, 4) is 27.9 Å². The van der Waals surface area contributed by atoms with Crippen molar-refractivity contribution in [1.82, 2.24) is 4.57 Å². The zero-order valence-electron chi connectivity index (χ0n) is 30.1. The molecule has 0 bridgehead atoms. The van der Waals surface area contributed by atoms with Crippen LogP contribution >= 0.6 is 11.3 Å². The van der Waals surface area contributed by atoms with Crippen molar-refractivity contribution >= 4 is 70.4 Å². The van der Waals surface area contributed by atoms with E-state index >= 15 is 0 Å². The van der Waals surface area contributed by atoms with E-state index in [2.05, 4.69) is 205 Å². The van der Waals surface area contributed by atoms with Crippen LogP contribution in [-0.4, -0.2) is 4.57 Å². The predicted molar refractivity (Wildman–Crippen MR) is 231 cm³/mol. The van der Waals surface area contributed by atoms with Crippen molar-refractivity contribution in [2.45, 2.75) is 19.3 Å². The number of thiophene rings is 1. The maximum absolute atomic E-state index is 2.44. The number of para-hydroxylation sites is 2. The van der Waals surface area contributed by atoms with Gasteiger partial charge in [0.1, 0.15) is 0 Å². The Labute approximate surface area is 318 Å².